The van der Waals surface area contributed by atoms with Gasteiger partial charge >= 0.3 is 0 Å². The van der Waals surface area contributed by atoms with E-state index in [1.54, 1.807) is 0 Å². The Labute approximate surface area is 294 Å². The molecule has 50 heavy (non-hydrogen) atoms. The van der Waals surface area contributed by atoms with Crippen molar-refractivity contribution in [2.75, 3.05) is 4.90 Å². The highest BCUT2D eigenvalue weighted by Gasteiger charge is 2.35. The van der Waals surface area contributed by atoms with Crippen LogP contribution >= 0.6 is 0 Å². The van der Waals surface area contributed by atoms with Crippen molar-refractivity contribution >= 4 is 27.8 Å². The SMILES string of the molecule is CC1(C)c2ccccc2-c2ccc(N(c3ccc(-c4ccc(-c5ccccc5)cc4)cc3)c3cccc(-c4cccc5ccccc45)c3)cc21. The summed E-state index contributed by atoms with van der Waals surface area (Å²) in [6.07, 6.45) is 0. The molecular formula is C49H37N. The Balaban J connectivity index is 1.15. The molecule has 1 nitrogen and oxygen atoms in total. The lowest BCUT2D eigenvalue weighted by Crippen LogP contribution is -2.16. The average Bonchev–Trinajstić information content (AvgIpc) is 3.41. The molecule has 0 unspecified atom stereocenters. The monoisotopic (exact) mass is 639 g/mol. The van der Waals surface area contributed by atoms with Crippen LogP contribution in [0.4, 0.5) is 17.1 Å². The van der Waals surface area contributed by atoms with Crippen molar-refractivity contribution < 1.29 is 0 Å². The number of rotatable bonds is 6. The number of fused-ring (bicyclic) bond motifs is 4. The van der Waals surface area contributed by atoms with Gasteiger partial charge in [-0.1, -0.05) is 166 Å². The van der Waals surface area contributed by atoms with E-state index in [2.05, 4.69) is 207 Å². The highest BCUT2D eigenvalue weighted by molar-refractivity contribution is 5.97. The van der Waals surface area contributed by atoms with E-state index in [0.29, 0.717) is 0 Å². The predicted molar refractivity (Wildman–Crippen MR) is 213 cm³/mol. The summed E-state index contributed by atoms with van der Waals surface area (Å²) in [4.78, 5) is 2.41. The number of hydrogen-bond donors (Lipinski definition) is 0. The van der Waals surface area contributed by atoms with Crippen LogP contribution in [-0.4, -0.2) is 0 Å². The van der Waals surface area contributed by atoms with Crippen LogP contribution in [0.25, 0.3) is 55.3 Å². The Kier molecular flexibility index (Phi) is 7.21. The van der Waals surface area contributed by atoms with Gasteiger partial charge in [-0.15, -0.1) is 0 Å². The lowest BCUT2D eigenvalue weighted by Gasteiger charge is -2.28. The molecule has 8 aromatic carbocycles. The Hall–Kier alpha value is -6.18. The van der Waals surface area contributed by atoms with E-state index >= 15 is 0 Å². The van der Waals surface area contributed by atoms with Gasteiger partial charge in [0.15, 0.2) is 0 Å². The maximum atomic E-state index is 2.41. The van der Waals surface area contributed by atoms with Crippen molar-refractivity contribution in [1.82, 2.24) is 0 Å². The second-order valence-corrected chi connectivity index (χ2v) is 13.8. The summed E-state index contributed by atoms with van der Waals surface area (Å²) >= 11 is 0. The van der Waals surface area contributed by atoms with E-state index in [1.165, 1.54) is 66.4 Å². The van der Waals surface area contributed by atoms with Crippen LogP contribution in [0.1, 0.15) is 25.0 Å². The molecule has 0 saturated heterocycles. The van der Waals surface area contributed by atoms with Crippen molar-refractivity contribution in [1.29, 1.82) is 0 Å². The normalized spacial score (nSPS) is 12.8. The molecule has 0 bridgehead atoms. The zero-order chi connectivity index (χ0) is 33.7. The van der Waals surface area contributed by atoms with E-state index in [4.69, 9.17) is 0 Å². The van der Waals surface area contributed by atoms with Gasteiger partial charge in [0, 0.05) is 22.5 Å². The van der Waals surface area contributed by atoms with Crippen molar-refractivity contribution in [3.05, 3.63) is 199 Å². The maximum Gasteiger partial charge on any atom is 0.0467 e. The van der Waals surface area contributed by atoms with Crippen molar-refractivity contribution in [2.24, 2.45) is 0 Å². The second kappa shape index (κ2) is 12.1. The third-order valence-corrected chi connectivity index (χ3v) is 10.5. The summed E-state index contributed by atoms with van der Waals surface area (Å²) in [6.45, 7) is 4.70. The van der Waals surface area contributed by atoms with Gasteiger partial charge in [0.05, 0.1) is 0 Å². The lowest BCUT2D eigenvalue weighted by molar-refractivity contribution is 0.660. The quantitative estimate of drug-likeness (QED) is 0.175. The molecule has 1 heteroatoms. The first kappa shape index (κ1) is 29.9. The van der Waals surface area contributed by atoms with Crippen molar-refractivity contribution in [3.8, 4) is 44.5 Å². The lowest BCUT2D eigenvalue weighted by atomic mass is 9.82. The van der Waals surface area contributed by atoms with Crippen LogP contribution in [-0.2, 0) is 5.41 Å². The Morgan fingerprint density at radius 1 is 0.340 bits per heavy atom. The van der Waals surface area contributed by atoms with Crippen LogP contribution in [0, 0.1) is 0 Å². The van der Waals surface area contributed by atoms with Gasteiger partial charge in [-0.05, 0) is 103 Å². The van der Waals surface area contributed by atoms with Crippen LogP contribution in [0.5, 0.6) is 0 Å². The molecule has 0 spiro atoms. The topological polar surface area (TPSA) is 3.24 Å². The summed E-state index contributed by atoms with van der Waals surface area (Å²) in [5, 5.41) is 2.51. The number of nitrogens with zero attached hydrogens (tertiary/aromatic N) is 1. The Bertz CT molecular complexity index is 2480. The van der Waals surface area contributed by atoms with Crippen LogP contribution < -0.4 is 4.90 Å². The minimum Gasteiger partial charge on any atom is -0.310 e. The zero-order valence-corrected chi connectivity index (χ0v) is 28.3. The molecular weight excluding hydrogens is 603 g/mol. The van der Waals surface area contributed by atoms with Crippen molar-refractivity contribution in [2.45, 2.75) is 19.3 Å². The molecule has 8 aromatic rings. The fourth-order valence-electron chi connectivity index (χ4n) is 7.86. The van der Waals surface area contributed by atoms with Gasteiger partial charge in [-0.25, -0.2) is 0 Å². The fraction of sp³-hybridized carbons (Fsp3) is 0.0612. The predicted octanol–water partition coefficient (Wildman–Crippen LogP) is 13.6. The molecule has 1 aliphatic carbocycles. The largest absolute Gasteiger partial charge is 0.310 e. The fourth-order valence-corrected chi connectivity index (χ4v) is 7.86. The molecule has 0 heterocycles. The third kappa shape index (κ3) is 5.11. The standard InChI is InChI=1S/C49H37N/c1-49(2)47-21-9-8-19-45(47)46-31-30-42(33-48(46)49)50(41-17-10-16-39(32-41)44-20-11-15-38-14-6-7-18-43(38)44)40-28-26-37(27-29-40)36-24-22-35(23-25-36)34-12-4-3-5-13-34/h3-33H,1-2H3. The molecule has 0 N–H and O–H groups in total. The van der Waals surface area contributed by atoms with E-state index in [-0.39, 0.29) is 5.41 Å². The first-order chi connectivity index (χ1) is 24.5. The molecule has 1 aliphatic rings. The molecule has 0 aliphatic heterocycles. The van der Waals surface area contributed by atoms with Gasteiger partial charge in [-0.3, -0.25) is 0 Å². The van der Waals surface area contributed by atoms with Gasteiger partial charge < -0.3 is 4.90 Å². The Morgan fingerprint density at radius 3 is 1.64 bits per heavy atom. The van der Waals surface area contributed by atoms with E-state index in [1.807, 2.05) is 0 Å². The summed E-state index contributed by atoms with van der Waals surface area (Å²) in [5.41, 5.74) is 16.0. The van der Waals surface area contributed by atoms with Gasteiger partial charge in [-0.2, -0.15) is 0 Å². The molecule has 238 valence electrons. The maximum absolute atomic E-state index is 2.41. The zero-order valence-electron chi connectivity index (χ0n) is 28.3. The summed E-state index contributed by atoms with van der Waals surface area (Å²) in [6, 6.07) is 68.6. The van der Waals surface area contributed by atoms with Crippen LogP contribution in [0.2, 0.25) is 0 Å². The van der Waals surface area contributed by atoms with Crippen LogP contribution in [0.3, 0.4) is 0 Å². The van der Waals surface area contributed by atoms with E-state index < -0.39 is 0 Å². The number of hydrogen-bond acceptors (Lipinski definition) is 1. The third-order valence-electron chi connectivity index (χ3n) is 10.5. The first-order valence-electron chi connectivity index (χ1n) is 17.4. The second-order valence-electron chi connectivity index (χ2n) is 13.8. The summed E-state index contributed by atoms with van der Waals surface area (Å²) < 4.78 is 0. The van der Waals surface area contributed by atoms with Gasteiger partial charge in [0.25, 0.3) is 0 Å². The molecule has 9 rings (SSSR count). The van der Waals surface area contributed by atoms with E-state index in [0.717, 1.165) is 17.1 Å². The molecule has 0 atom stereocenters. The highest BCUT2D eigenvalue weighted by atomic mass is 15.1. The van der Waals surface area contributed by atoms with Crippen LogP contribution in [0.15, 0.2) is 188 Å². The first-order valence-corrected chi connectivity index (χ1v) is 17.4. The molecule has 0 aromatic heterocycles. The minimum atomic E-state index is -0.0891. The molecule has 0 amide bonds. The van der Waals surface area contributed by atoms with E-state index in [9.17, 15) is 0 Å². The minimum absolute atomic E-state index is 0.0891. The molecule has 0 fully saturated rings. The van der Waals surface area contributed by atoms with Crippen molar-refractivity contribution in [3.63, 3.8) is 0 Å². The molecule has 0 saturated carbocycles. The highest BCUT2D eigenvalue weighted by Crippen LogP contribution is 2.50. The number of benzene rings is 8. The Morgan fingerprint density at radius 2 is 0.860 bits per heavy atom. The van der Waals surface area contributed by atoms with Gasteiger partial charge in [0.1, 0.15) is 0 Å². The summed E-state index contributed by atoms with van der Waals surface area (Å²) in [7, 11) is 0. The molecule has 0 radical (unpaired) electrons. The number of anilines is 3. The summed E-state index contributed by atoms with van der Waals surface area (Å²) in [5.74, 6) is 0. The average molecular weight is 640 g/mol. The van der Waals surface area contributed by atoms with Gasteiger partial charge in [0.2, 0.25) is 0 Å². The smallest absolute Gasteiger partial charge is 0.0467 e.